The third-order valence-electron chi connectivity index (χ3n) is 2.12. The molecule has 0 spiro atoms. The number of Topliss-reactive ketones (excluding diaryl/α,β-unsaturated/α-hetero) is 1. The Morgan fingerprint density at radius 3 is 2.38 bits per heavy atom. The van der Waals surface area contributed by atoms with Crippen molar-refractivity contribution >= 4 is 11.9 Å². The number of carbonyl (C=O) groups excluding carboxylic acids is 2. The molecule has 0 heterocycles. The summed E-state index contributed by atoms with van der Waals surface area (Å²) >= 11 is 0. The quantitative estimate of drug-likeness (QED) is 0.616. The molecule has 1 aliphatic carbocycles. The monoisotopic (exact) mass is 185 g/mol. The van der Waals surface area contributed by atoms with Crippen molar-refractivity contribution in [3.05, 3.63) is 0 Å². The van der Waals surface area contributed by atoms with Gasteiger partial charge in [0.2, 0.25) is 0 Å². The number of hydrogen-bond donors (Lipinski definition) is 0. The predicted octanol–water partition coefficient (Wildman–Crippen LogP) is 1.20. The second kappa shape index (κ2) is 4.25. The Morgan fingerprint density at radius 1 is 1.38 bits per heavy atom. The maximum atomic E-state index is 11.1. The van der Waals surface area contributed by atoms with Crippen molar-refractivity contribution in [3.63, 3.8) is 0 Å². The molecule has 0 saturated heterocycles. The summed E-state index contributed by atoms with van der Waals surface area (Å²) in [5.41, 5.74) is 0. The molecule has 13 heavy (non-hydrogen) atoms. The van der Waals surface area contributed by atoms with E-state index < -0.39 is 0 Å². The smallest absolute Gasteiger partial charge is 0.409 e. The van der Waals surface area contributed by atoms with E-state index in [0.29, 0.717) is 25.7 Å². The van der Waals surface area contributed by atoms with E-state index in [2.05, 4.69) is 0 Å². The molecule has 4 nitrogen and oxygen atoms in total. The fourth-order valence-electron chi connectivity index (χ4n) is 1.28. The topological polar surface area (TPSA) is 46.6 Å². The SMILES string of the molecule is CN(C)C(=O)OC1CCC(=O)CC1. The summed E-state index contributed by atoms with van der Waals surface area (Å²) in [7, 11) is 3.30. The zero-order chi connectivity index (χ0) is 9.84. The lowest BCUT2D eigenvalue weighted by Gasteiger charge is -2.22. The van der Waals surface area contributed by atoms with Crippen molar-refractivity contribution in [3.8, 4) is 0 Å². The minimum absolute atomic E-state index is 0.0624. The van der Waals surface area contributed by atoms with Gasteiger partial charge in [-0.1, -0.05) is 0 Å². The Hall–Kier alpha value is -1.06. The van der Waals surface area contributed by atoms with Crippen LogP contribution >= 0.6 is 0 Å². The fraction of sp³-hybridized carbons (Fsp3) is 0.778. The zero-order valence-electron chi connectivity index (χ0n) is 8.08. The summed E-state index contributed by atoms with van der Waals surface area (Å²) < 4.78 is 5.14. The highest BCUT2D eigenvalue weighted by atomic mass is 16.6. The summed E-state index contributed by atoms with van der Waals surface area (Å²) in [4.78, 5) is 23.4. The largest absolute Gasteiger partial charge is 0.446 e. The van der Waals surface area contributed by atoms with Crippen LogP contribution in [0.4, 0.5) is 4.79 Å². The minimum Gasteiger partial charge on any atom is -0.446 e. The standard InChI is InChI=1S/C9H15NO3/c1-10(2)9(12)13-8-5-3-7(11)4-6-8/h8H,3-6H2,1-2H3. The Labute approximate surface area is 77.8 Å². The van der Waals surface area contributed by atoms with E-state index in [1.54, 1.807) is 14.1 Å². The molecule has 0 radical (unpaired) electrons. The predicted molar refractivity (Wildman–Crippen MR) is 47.4 cm³/mol. The van der Waals surface area contributed by atoms with Gasteiger partial charge < -0.3 is 9.64 Å². The number of amides is 1. The first kappa shape index (κ1) is 10.0. The molecule has 0 aromatic carbocycles. The fourth-order valence-corrected chi connectivity index (χ4v) is 1.28. The number of rotatable bonds is 1. The molecular weight excluding hydrogens is 170 g/mol. The Bertz CT molecular complexity index is 203. The van der Waals surface area contributed by atoms with Crippen molar-refractivity contribution in [2.75, 3.05) is 14.1 Å². The van der Waals surface area contributed by atoms with Crippen LogP contribution in [0.3, 0.4) is 0 Å². The van der Waals surface area contributed by atoms with Crippen LogP contribution in [0.5, 0.6) is 0 Å². The van der Waals surface area contributed by atoms with Crippen molar-refractivity contribution in [2.45, 2.75) is 31.8 Å². The van der Waals surface area contributed by atoms with Gasteiger partial charge >= 0.3 is 6.09 Å². The van der Waals surface area contributed by atoms with Gasteiger partial charge in [0.1, 0.15) is 11.9 Å². The minimum atomic E-state index is -0.320. The molecule has 1 amide bonds. The summed E-state index contributed by atoms with van der Waals surface area (Å²) in [6.07, 6.45) is 2.07. The van der Waals surface area contributed by atoms with Crippen molar-refractivity contribution in [1.82, 2.24) is 4.90 Å². The second-order valence-electron chi connectivity index (χ2n) is 3.52. The maximum Gasteiger partial charge on any atom is 0.409 e. The molecule has 1 aliphatic rings. The molecule has 74 valence electrons. The Balaban J connectivity index is 2.30. The van der Waals surface area contributed by atoms with E-state index in [1.165, 1.54) is 4.90 Å². The first-order chi connectivity index (χ1) is 6.09. The molecule has 0 unspecified atom stereocenters. The lowest BCUT2D eigenvalue weighted by molar-refractivity contribution is -0.122. The average molecular weight is 185 g/mol. The van der Waals surface area contributed by atoms with Crippen LogP contribution in [0.1, 0.15) is 25.7 Å². The number of ketones is 1. The first-order valence-corrected chi connectivity index (χ1v) is 4.49. The van der Waals surface area contributed by atoms with Gasteiger partial charge in [0.25, 0.3) is 0 Å². The molecule has 0 aromatic rings. The van der Waals surface area contributed by atoms with Gasteiger partial charge in [0.05, 0.1) is 0 Å². The van der Waals surface area contributed by atoms with Gasteiger partial charge in [-0.3, -0.25) is 4.79 Å². The average Bonchev–Trinajstić information content (AvgIpc) is 2.08. The highest BCUT2D eigenvalue weighted by Crippen LogP contribution is 2.18. The molecule has 1 fully saturated rings. The first-order valence-electron chi connectivity index (χ1n) is 4.49. The molecule has 0 aromatic heterocycles. The second-order valence-corrected chi connectivity index (χ2v) is 3.52. The van der Waals surface area contributed by atoms with E-state index in [0.717, 1.165) is 0 Å². The van der Waals surface area contributed by atoms with Crippen LogP contribution in [-0.2, 0) is 9.53 Å². The summed E-state index contributed by atoms with van der Waals surface area (Å²) in [6, 6.07) is 0. The van der Waals surface area contributed by atoms with Crippen LogP contribution in [0.15, 0.2) is 0 Å². The van der Waals surface area contributed by atoms with E-state index in [-0.39, 0.29) is 18.0 Å². The van der Waals surface area contributed by atoms with Gasteiger partial charge in [-0.05, 0) is 12.8 Å². The Kier molecular flexibility index (Phi) is 3.28. The van der Waals surface area contributed by atoms with Crippen LogP contribution < -0.4 is 0 Å². The van der Waals surface area contributed by atoms with E-state index in [9.17, 15) is 9.59 Å². The lowest BCUT2D eigenvalue weighted by atomic mass is 9.97. The van der Waals surface area contributed by atoms with Crippen LogP contribution in [0, 0.1) is 0 Å². The highest BCUT2D eigenvalue weighted by molar-refractivity contribution is 5.79. The third kappa shape index (κ3) is 3.05. The van der Waals surface area contributed by atoms with Crippen molar-refractivity contribution in [2.24, 2.45) is 0 Å². The van der Waals surface area contributed by atoms with E-state index >= 15 is 0 Å². The maximum absolute atomic E-state index is 11.1. The van der Waals surface area contributed by atoms with E-state index in [1.807, 2.05) is 0 Å². The van der Waals surface area contributed by atoms with Gasteiger partial charge in [-0.15, -0.1) is 0 Å². The number of hydrogen-bond acceptors (Lipinski definition) is 3. The molecule has 0 atom stereocenters. The van der Waals surface area contributed by atoms with Gasteiger partial charge in [0, 0.05) is 26.9 Å². The van der Waals surface area contributed by atoms with Gasteiger partial charge in [0.15, 0.2) is 0 Å². The summed E-state index contributed by atoms with van der Waals surface area (Å²) in [6.45, 7) is 0. The van der Waals surface area contributed by atoms with Gasteiger partial charge in [-0.2, -0.15) is 0 Å². The van der Waals surface area contributed by atoms with Crippen LogP contribution in [0.2, 0.25) is 0 Å². The molecule has 0 N–H and O–H groups in total. The molecule has 1 rings (SSSR count). The number of nitrogens with zero attached hydrogens (tertiary/aromatic N) is 1. The molecule has 1 saturated carbocycles. The number of carbonyl (C=O) groups is 2. The molecule has 4 heteroatoms. The highest BCUT2D eigenvalue weighted by Gasteiger charge is 2.22. The van der Waals surface area contributed by atoms with Crippen molar-refractivity contribution < 1.29 is 14.3 Å². The van der Waals surface area contributed by atoms with Gasteiger partial charge in [-0.25, -0.2) is 4.79 Å². The van der Waals surface area contributed by atoms with Crippen LogP contribution in [-0.4, -0.2) is 37.0 Å². The molecule has 0 bridgehead atoms. The lowest BCUT2D eigenvalue weighted by Crippen LogP contribution is -2.30. The summed E-state index contributed by atoms with van der Waals surface area (Å²) in [5, 5.41) is 0. The molecular formula is C9H15NO3. The number of ether oxygens (including phenoxy) is 1. The third-order valence-corrected chi connectivity index (χ3v) is 2.12. The zero-order valence-corrected chi connectivity index (χ0v) is 8.08. The normalized spacial score (nSPS) is 18.5. The molecule has 0 aliphatic heterocycles. The summed E-state index contributed by atoms with van der Waals surface area (Å²) in [5.74, 6) is 0.275. The van der Waals surface area contributed by atoms with Crippen molar-refractivity contribution in [1.29, 1.82) is 0 Å². The Morgan fingerprint density at radius 2 is 1.92 bits per heavy atom. The van der Waals surface area contributed by atoms with Crippen LogP contribution in [0.25, 0.3) is 0 Å². The van der Waals surface area contributed by atoms with E-state index in [4.69, 9.17) is 4.74 Å².